The Morgan fingerprint density at radius 2 is 1.76 bits per heavy atom. The SMILES string of the molecule is Cc1ccc(CC(N)[C@@H](C(=O)O)C(=O)OC(C)(C)C)cc1. The van der Waals surface area contributed by atoms with Crippen molar-refractivity contribution in [2.75, 3.05) is 0 Å². The van der Waals surface area contributed by atoms with E-state index in [-0.39, 0.29) is 0 Å². The van der Waals surface area contributed by atoms with Crippen molar-refractivity contribution in [2.24, 2.45) is 11.7 Å². The van der Waals surface area contributed by atoms with Crippen LogP contribution in [0.25, 0.3) is 0 Å². The number of benzene rings is 1. The first-order chi connectivity index (χ1) is 9.60. The predicted octanol–water partition coefficient (Wildman–Crippen LogP) is 1.91. The Bertz CT molecular complexity index is 502. The molecule has 0 saturated carbocycles. The van der Waals surface area contributed by atoms with Gasteiger partial charge in [0.15, 0.2) is 5.92 Å². The van der Waals surface area contributed by atoms with Gasteiger partial charge in [-0.25, -0.2) is 0 Å². The summed E-state index contributed by atoms with van der Waals surface area (Å²) in [6, 6.07) is 6.77. The Balaban J connectivity index is 2.82. The van der Waals surface area contributed by atoms with Crippen LogP contribution in [0.3, 0.4) is 0 Å². The number of esters is 1. The molecule has 0 amide bonds. The summed E-state index contributed by atoms with van der Waals surface area (Å²) in [6.45, 7) is 7.03. The summed E-state index contributed by atoms with van der Waals surface area (Å²) in [7, 11) is 0. The second-order valence-corrected chi connectivity index (χ2v) is 6.20. The molecule has 0 aromatic heterocycles. The van der Waals surface area contributed by atoms with Crippen LogP contribution in [0.4, 0.5) is 0 Å². The molecule has 0 heterocycles. The van der Waals surface area contributed by atoms with E-state index >= 15 is 0 Å². The third kappa shape index (κ3) is 5.55. The molecule has 1 aromatic carbocycles. The summed E-state index contributed by atoms with van der Waals surface area (Å²) < 4.78 is 5.14. The zero-order chi connectivity index (χ0) is 16.2. The first-order valence-corrected chi connectivity index (χ1v) is 6.87. The monoisotopic (exact) mass is 293 g/mol. The maximum Gasteiger partial charge on any atom is 0.322 e. The van der Waals surface area contributed by atoms with Crippen LogP contribution >= 0.6 is 0 Å². The van der Waals surface area contributed by atoms with Crippen LogP contribution in [0.1, 0.15) is 31.9 Å². The van der Waals surface area contributed by atoms with Crippen molar-refractivity contribution in [1.82, 2.24) is 0 Å². The molecule has 21 heavy (non-hydrogen) atoms. The number of carboxylic acid groups (broad SMARTS) is 1. The van der Waals surface area contributed by atoms with E-state index in [1.54, 1.807) is 20.8 Å². The average Bonchev–Trinajstić information content (AvgIpc) is 2.29. The molecule has 2 atom stereocenters. The lowest BCUT2D eigenvalue weighted by atomic mass is 9.93. The van der Waals surface area contributed by atoms with Gasteiger partial charge in [0.05, 0.1) is 0 Å². The molecular formula is C16H23NO4. The molecule has 0 fully saturated rings. The molecule has 1 aromatic rings. The molecule has 0 spiro atoms. The third-order valence-corrected chi connectivity index (χ3v) is 2.95. The fourth-order valence-electron chi connectivity index (χ4n) is 1.94. The molecule has 3 N–H and O–H groups in total. The minimum atomic E-state index is -1.37. The number of aryl methyl sites for hydroxylation is 1. The van der Waals surface area contributed by atoms with Gasteiger partial charge in [0, 0.05) is 6.04 Å². The maximum absolute atomic E-state index is 12.0. The summed E-state index contributed by atoms with van der Waals surface area (Å²) in [5.41, 5.74) is 7.18. The number of carbonyl (C=O) groups is 2. The number of hydrogen-bond donors (Lipinski definition) is 2. The fourth-order valence-corrected chi connectivity index (χ4v) is 1.94. The molecule has 0 aliphatic rings. The van der Waals surface area contributed by atoms with Crippen molar-refractivity contribution < 1.29 is 19.4 Å². The van der Waals surface area contributed by atoms with Crippen LogP contribution in [-0.4, -0.2) is 28.7 Å². The van der Waals surface area contributed by atoms with Crippen molar-refractivity contribution in [2.45, 2.75) is 45.8 Å². The van der Waals surface area contributed by atoms with Crippen LogP contribution in [-0.2, 0) is 20.7 Å². The highest BCUT2D eigenvalue weighted by Crippen LogP contribution is 2.16. The number of carbonyl (C=O) groups excluding carboxylic acids is 1. The van der Waals surface area contributed by atoms with Crippen LogP contribution < -0.4 is 5.73 Å². The van der Waals surface area contributed by atoms with Crippen LogP contribution in [0.5, 0.6) is 0 Å². The van der Waals surface area contributed by atoms with E-state index in [1.807, 2.05) is 31.2 Å². The second kappa shape index (κ2) is 6.72. The van der Waals surface area contributed by atoms with E-state index in [1.165, 1.54) is 0 Å². The number of rotatable bonds is 5. The summed E-state index contributed by atoms with van der Waals surface area (Å²) >= 11 is 0. The number of nitrogens with two attached hydrogens (primary N) is 1. The fraction of sp³-hybridized carbons (Fsp3) is 0.500. The van der Waals surface area contributed by atoms with E-state index in [9.17, 15) is 14.7 Å². The number of ether oxygens (including phenoxy) is 1. The van der Waals surface area contributed by atoms with Crippen LogP contribution in [0.15, 0.2) is 24.3 Å². The summed E-state index contributed by atoms with van der Waals surface area (Å²) in [5, 5.41) is 9.25. The van der Waals surface area contributed by atoms with Gasteiger partial charge in [-0.2, -0.15) is 0 Å². The molecule has 0 bridgehead atoms. The van der Waals surface area contributed by atoms with Crippen molar-refractivity contribution in [3.63, 3.8) is 0 Å². The van der Waals surface area contributed by atoms with Gasteiger partial charge in [0.1, 0.15) is 5.60 Å². The van der Waals surface area contributed by atoms with Crippen molar-refractivity contribution in [3.8, 4) is 0 Å². The zero-order valence-electron chi connectivity index (χ0n) is 12.9. The highest BCUT2D eigenvalue weighted by Gasteiger charge is 2.36. The van der Waals surface area contributed by atoms with Gasteiger partial charge in [-0.15, -0.1) is 0 Å². The van der Waals surface area contributed by atoms with E-state index in [2.05, 4.69) is 0 Å². The quantitative estimate of drug-likeness (QED) is 0.639. The zero-order valence-corrected chi connectivity index (χ0v) is 12.9. The van der Waals surface area contributed by atoms with Gasteiger partial charge < -0.3 is 15.6 Å². The molecule has 0 aliphatic carbocycles. The normalized spacial score (nSPS) is 14.3. The van der Waals surface area contributed by atoms with Crippen molar-refractivity contribution in [1.29, 1.82) is 0 Å². The number of carboxylic acids is 1. The van der Waals surface area contributed by atoms with E-state index in [0.717, 1.165) is 11.1 Å². The first kappa shape index (κ1) is 17.2. The molecule has 0 saturated heterocycles. The third-order valence-electron chi connectivity index (χ3n) is 2.95. The molecule has 5 heteroatoms. The van der Waals surface area contributed by atoms with Crippen molar-refractivity contribution in [3.05, 3.63) is 35.4 Å². The lowest BCUT2D eigenvalue weighted by Gasteiger charge is -2.25. The first-order valence-electron chi connectivity index (χ1n) is 6.87. The lowest BCUT2D eigenvalue weighted by Crippen LogP contribution is -2.45. The number of hydrogen-bond acceptors (Lipinski definition) is 4. The Morgan fingerprint density at radius 1 is 1.24 bits per heavy atom. The molecule has 1 rings (SSSR count). The summed E-state index contributed by atoms with van der Waals surface area (Å²) in [4.78, 5) is 23.3. The topological polar surface area (TPSA) is 89.6 Å². The van der Waals surface area contributed by atoms with Crippen LogP contribution in [0.2, 0.25) is 0 Å². The molecule has 1 unspecified atom stereocenters. The standard InChI is InChI=1S/C16H23NO4/c1-10-5-7-11(8-6-10)9-12(17)13(14(18)19)15(20)21-16(2,3)4/h5-8,12-13H,9,17H2,1-4H3,(H,18,19)/t12?,13-/m0/s1. The molecule has 0 radical (unpaired) electrons. The predicted molar refractivity (Wildman–Crippen MR) is 79.8 cm³/mol. The molecule has 0 aliphatic heterocycles. The Morgan fingerprint density at radius 3 is 2.19 bits per heavy atom. The van der Waals surface area contributed by atoms with E-state index in [0.29, 0.717) is 6.42 Å². The second-order valence-electron chi connectivity index (χ2n) is 6.20. The van der Waals surface area contributed by atoms with Gasteiger partial charge in [0.25, 0.3) is 0 Å². The van der Waals surface area contributed by atoms with Crippen molar-refractivity contribution >= 4 is 11.9 Å². The number of aliphatic carboxylic acids is 1. The summed E-state index contributed by atoms with van der Waals surface area (Å²) in [6.07, 6.45) is 0.302. The highest BCUT2D eigenvalue weighted by atomic mass is 16.6. The van der Waals surface area contributed by atoms with E-state index < -0.39 is 29.5 Å². The average molecular weight is 293 g/mol. The highest BCUT2D eigenvalue weighted by molar-refractivity contribution is 5.95. The summed E-state index contributed by atoms with van der Waals surface area (Å²) in [5.74, 6) is -3.43. The Kier molecular flexibility index (Phi) is 5.49. The van der Waals surface area contributed by atoms with Crippen LogP contribution in [0, 0.1) is 12.8 Å². The molecular weight excluding hydrogens is 270 g/mol. The minimum absolute atomic E-state index is 0.302. The van der Waals surface area contributed by atoms with Gasteiger partial charge in [0.2, 0.25) is 0 Å². The van der Waals surface area contributed by atoms with Gasteiger partial charge >= 0.3 is 11.9 Å². The minimum Gasteiger partial charge on any atom is -0.481 e. The Labute approximate surface area is 125 Å². The molecule has 116 valence electrons. The molecule has 5 nitrogen and oxygen atoms in total. The van der Waals surface area contributed by atoms with Gasteiger partial charge in [-0.05, 0) is 39.7 Å². The smallest absolute Gasteiger partial charge is 0.322 e. The Hall–Kier alpha value is -1.88. The largest absolute Gasteiger partial charge is 0.481 e. The van der Waals surface area contributed by atoms with Gasteiger partial charge in [-0.3, -0.25) is 9.59 Å². The maximum atomic E-state index is 12.0. The van der Waals surface area contributed by atoms with Gasteiger partial charge in [-0.1, -0.05) is 29.8 Å². The lowest BCUT2D eigenvalue weighted by molar-refractivity contribution is -0.167. The van der Waals surface area contributed by atoms with E-state index in [4.69, 9.17) is 10.5 Å².